The number of nitrogens with one attached hydrogen (secondary N) is 1. The minimum absolute atomic E-state index is 0.0757. The number of aromatic nitrogens is 1. The van der Waals surface area contributed by atoms with Crippen LogP contribution in [0.4, 0.5) is 9.52 Å². The van der Waals surface area contributed by atoms with Gasteiger partial charge in [0, 0.05) is 0 Å². The molecule has 1 N–H and O–H groups in total. The van der Waals surface area contributed by atoms with Gasteiger partial charge < -0.3 is 10.1 Å². The maximum atomic E-state index is 13.5. The number of halogens is 2. The Morgan fingerprint density at radius 1 is 1.27 bits per heavy atom. The van der Waals surface area contributed by atoms with Crippen molar-refractivity contribution in [1.29, 1.82) is 0 Å². The smallest absolute Gasteiger partial charge is 0.184 e. The molecule has 0 fully saturated rings. The lowest BCUT2D eigenvalue weighted by molar-refractivity contribution is 0.414. The van der Waals surface area contributed by atoms with Gasteiger partial charge in [-0.05, 0) is 36.8 Å². The quantitative estimate of drug-likeness (QED) is 0.704. The van der Waals surface area contributed by atoms with Crippen LogP contribution < -0.4 is 10.1 Å². The second-order valence-corrected chi connectivity index (χ2v) is 6.33. The molecule has 0 saturated carbocycles. The molecule has 1 atom stereocenters. The fourth-order valence-electron chi connectivity index (χ4n) is 2.15. The Bertz CT molecular complexity index is 765. The van der Waals surface area contributed by atoms with Crippen LogP contribution in [-0.2, 0) is 0 Å². The van der Waals surface area contributed by atoms with Gasteiger partial charge in [-0.25, -0.2) is 9.37 Å². The third kappa shape index (κ3) is 3.00. The van der Waals surface area contributed by atoms with Gasteiger partial charge in [-0.1, -0.05) is 35.1 Å². The van der Waals surface area contributed by atoms with E-state index in [1.165, 1.54) is 17.4 Å². The molecule has 22 heavy (non-hydrogen) atoms. The van der Waals surface area contributed by atoms with Crippen molar-refractivity contribution in [1.82, 2.24) is 4.98 Å². The van der Waals surface area contributed by atoms with Crippen molar-refractivity contribution in [3.8, 4) is 5.75 Å². The van der Waals surface area contributed by atoms with E-state index in [1.807, 2.05) is 31.2 Å². The Kier molecular flexibility index (Phi) is 4.18. The monoisotopic (exact) mass is 336 g/mol. The summed E-state index contributed by atoms with van der Waals surface area (Å²) in [6, 6.07) is 10.9. The first-order valence-electron chi connectivity index (χ1n) is 6.73. The number of hydrogen-bond acceptors (Lipinski definition) is 4. The van der Waals surface area contributed by atoms with Crippen LogP contribution in [-0.4, -0.2) is 12.1 Å². The summed E-state index contributed by atoms with van der Waals surface area (Å²) >= 11 is 7.19. The van der Waals surface area contributed by atoms with Gasteiger partial charge in [-0.2, -0.15) is 0 Å². The van der Waals surface area contributed by atoms with Crippen molar-refractivity contribution in [3.63, 3.8) is 0 Å². The van der Waals surface area contributed by atoms with Gasteiger partial charge in [0.1, 0.15) is 11.6 Å². The molecule has 0 radical (unpaired) electrons. The van der Waals surface area contributed by atoms with E-state index in [-0.39, 0.29) is 11.1 Å². The first kappa shape index (κ1) is 15.1. The zero-order chi connectivity index (χ0) is 15.7. The van der Waals surface area contributed by atoms with Crippen molar-refractivity contribution in [2.24, 2.45) is 0 Å². The molecule has 0 aliphatic carbocycles. The van der Waals surface area contributed by atoms with Gasteiger partial charge in [-0.3, -0.25) is 0 Å². The number of hydrogen-bond donors (Lipinski definition) is 1. The van der Waals surface area contributed by atoms with Gasteiger partial charge in [0.05, 0.1) is 28.4 Å². The molecule has 0 aliphatic heterocycles. The third-order valence-electron chi connectivity index (χ3n) is 3.39. The normalized spacial score (nSPS) is 12.4. The van der Waals surface area contributed by atoms with Crippen molar-refractivity contribution >= 4 is 38.3 Å². The Labute approximate surface area is 136 Å². The molecular formula is C16H14ClFN2OS. The van der Waals surface area contributed by atoms with Crippen molar-refractivity contribution in [3.05, 3.63) is 52.8 Å². The first-order valence-corrected chi connectivity index (χ1v) is 7.92. The zero-order valence-corrected chi connectivity index (χ0v) is 13.6. The van der Waals surface area contributed by atoms with Crippen LogP contribution >= 0.6 is 22.9 Å². The van der Waals surface area contributed by atoms with Crippen LogP contribution in [0.3, 0.4) is 0 Å². The highest BCUT2D eigenvalue weighted by molar-refractivity contribution is 7.22. The van der Waals surface area contributed by atoms with Crippen LogP contribution in [0.25, 0.3) is 10.2 Å². The summed E-state index contributed by atoms with van der Waals surface area (Å²) in [5, 5.41) is 4.15. The Morgan fingerprint density at radius 3 is 2.68 bits per heavy atom. The maximum Gasteiger partial charge on any atom is 0.184 e. The standard InChI is InChI=1S/C16H14ClFN2OS/c1-9(10-3-5-11(21-2)6-4-10)19-16-20-14-7-12(17)13(18)8-15(14)22-16/h3-9H,1-2H3,(H,19,20)/t9-/m1/s1. The van der Waals surface area contributed by atoms with E-state index in [1.54, 1.807) is 13.2 Å². The highest BCUT2D eigenvalue weighted by atomic mass is 35.5. The lowest BCUT2D eigenvalue weighted by Crippen LogP contribution is -2.06. The summed E-state index contributed by atoms with van der Waals surface area (Å²) in [6.45, 7) is 2.04. The largest absolute Gasteiger partial charge is 0.497 e. The summed E-state index contributed by atoms with van der Waals surface area (Å²) in [5.41, 5.74) is 1.81. The average molecular weight is 337 g/mol. The number of fused-ring (bicyclic) bond motifs is 1. The predicted octanol–water partition coefficient (Wildman–Crippen LogP) is 5.27. The van der Waals surface area contributed by atoms with Crippen LogP contribution in [0.15, 0.2) is 36.4 Å². The summed E-state index contributed by atoms with van der Waals surface area (Å²) in [7, 11) is 1.64. The lowest BCUT2D eigenvalue weighted by Gasteiger charge is -2.13. The van der Waals surface area contributed by atoms with Crippen molar-refractivity contribution in [2.75, 3.05) is 12.4 Å². The van der Waals surface area contributed by atoms with E-state index in [0.29, 0.717) is 5.52 Å². The molecular weight excluding hydrogens is 323 g/mol. The van der Waals surface area contributed by atoms with E-state index in [2.05, 4.69) is 10.3 Å². The predicted molar refractivity (Wildman–Crippen MR) is 89.6 cm³/mol. The molecule has 0 saturated heterocycles. The molecule has 1 aromatic heterocycles. The first-order chi connectivity index (χ1) is 10.6. The molecule has 3 rings (SSSR count). The topological polar surface area (TPSA) is 34.1 Å². The lowest BCUT2D eigenvalue weighted by atomic mass is 10.1. The van der Waals surface area contributed by atoms with Gasteiger partial charge in [-0.15, -0.1) is 0 Å². The van der Waals surface area contributed by atoms with E-state index in [9.17, 15) is 4.39 Å². The molecule has 0 aliphatic rings. The summed E-state index contributed by atoms with van der Waals surface area (Å²) in [4.78, 5) is 4.45. The zero-order valence-electron chi connectivity index (χ0n) is 12.1. The number of anilines is 1. The number of nitrogens with zero attached hydrogens (tertiary/aromatic N) is 1. The minimum Gasteiger partial charge on any atom is -0.497 e. The van der Waals surface area contributed by atoms with Crippen LogP contribution in [0.2, 0.25) is 5.02 Å². The molecule has 1 heterocycles. The van der Waals surface area contributed by atoms with Gasteiger partial charge in [0.15, 0.2) is 5.13 Å². The molecule has 3 aromatic rings. The number of benzene rings is 2. The number of rotatable bonds is 4. The average Bonchev–Trinajstić information content (AvgIpc) is 2.89. The van der Waals surface area contributed by atoms with E-state index < -0.39 is 5.82 Å². The molecule has 6 heteroatoms. The summed E-state index contributed by atoms with van der Waals surface area (Å²) < 4.78 is 19.4. The fourth-order valence-corrected chi connectivity index (χ4v) is 3.26. The van der Waals surface area contributed by atoms with E-state index in [4.69, 9.17) is 16.3 Å². The Hall–Kier alpha value is -1.85. The summed E-state index contributed by atoms with van der Waals surface area (Å²) in [6.07, 6.45) is 0. The van der Waals surface area contributed by atoms with Gasteiger partial charge >= 0.3 is 0 Å². The summed E-state index contributed by atoms with van der Waals surface area (Å²) in [5.74, 6) is 0.397. The number of thiazole rings is 1. The number of methoxy groups -OCH3 is 1. The second-order valence-electron chi connectivity index (χ2n) is 4.89. The molecule has 0 unspecified atom stereocenters. The highest BCUT2D eigenvalue weighted by Gasteiger charge is 2.11. The minimum atomic E-state index is -0.424. The van der Waals surface area contributed by atoms with E-state index in [0.717, 1.165) is 21.1 Å². The number of ether oxygens (including phenoxy) is 1. The Balaban J connectivity index is 1.82. The molecule has 2 aromatic carbocycles. The molecule has 0 bridgehead atoms. The van der Waals surface area contributed by atoms with Gasteiger partial charge in [0.25, 0.3) is 0 Å². The molecule has 3 nitrogen and oxygen atoms in total. The Morgan fingerprint density at radius 2 is 2.00 bits per heavy atom. The highest BCUT2D eigenvalue weighted by Crippen LogP contribution is 2.32. The molecule has 0 spiro atoms. The maximum absolute atomic E-state index is 13.5. The van der Waals surface area contributed by atoms with Crippen LogP contribution in [0.5, 0.6) is 5.75 Å². The fraction of sp³-hybridized carbons (Fsp3) is 0.188. The van der Waals surface area contributed by atoms with Crippen LogP contribution in [0.1, 0.15) is 18.5 Å². The van der Waals surface area contributed by atoms with Crippen molar-refractivity contribution < 1.29 is 9.13 Å². The van der Waals surface area contributed by atoms with E-state index >= 15 is 0 Å². The molecule has 114 valence electrons. The van der Waals surface area contributed by atoms with Crippen molar-refractivity contribution in [2.45, 2.75) is 13.0 Å². The van der Waals surface area contributed by atoms with Gasteiger partial charge in [0.2, 0.25) is 0 Å². The SMILES string of the molecule is COc1ccc([C@@H](C)Nc2nc3cc(Cl)c(F)cc3s2)cc1. The third-order valence-corrected chi connectivity index (χ3v) is 4.63. The molecule has 0 amide bonds. The second kappa shape index (κ2) is 6.10. The van der Waals surface area contributed by atoms with Crippen LogP contribution in [0, 0.1) is 5.82 Å².